The molecule has 0 aromatic carbocycles. The van der Waals surface area contributed by atoms with Crippen LogP contribution >= 0.6 is 0 Å². The van der Waals surface area contributed by atoms with E-state index in [1.807, 2.05) is 6.07 Å². The Morgan fingerprint density at radius 1 is 1.44 bits per heavy atom. The van der Waals surface area contributed by atoms with Gasteiger partial charge in [0.15, 0.2) is 0 Å². The van der Waals surface area contributed by atoms with Crippen molar-refractivity contribution in [2.75, 3.05) is 17.2 Å². The molecule has 3 nitrogen and oxygen atoms in total. The molecule has 1 aromatic rings. The lowest BCUT2D eigenvalue weighted by molar-refractivity contribution is 0.361. The molecule has 88 valence electrons. The number of nitrogens with two attached hydrogens (primary N) is 1. The van der Waals surface area contributed by atoms with Crippen LogP contribution < -0.4 is 10.6 Å². The molecule has 0 radical (unpaired) electrons. The summed E-state index contributed by atoms with van der Waals surface area (Å²) in [6, 6.07) is 2.58. The Hall–Kier alpha value is -1.25. The van der Waals surface area contributed by atoms with Crippen LogP contribution in [0, 0.1) is 12.8 Å². The number of hydrogen-bond acceptors (Lipinski definition) is 3. The lowest BCUT2D eigenvalue weighted by Gasteiger charge is -2.39. The third kappa shape index (κ3) is 1.99. The van der Waals surface area contributed by atoms with Crippen molar-refractivity contribution in [3.05, 3.63) is 17.8 Å². The first kappa shape index (κ1) is 11.2. The van der Waals surface area contributed by atoms with Gasteiger partial charge in [-0.05, 0) is 44.2 Å². The number of nitrogens with zero attached hydrogens (tertiary/aromatic N) is 2. The van der Waals surface area contributed by atoms with Gasteiger partial charge in [-0.15, -0.1) is 0 Å². The summed E-state index contributed by atoms with van der Waals surface area (Å²) >= 11 is 0. The van der Waals surface area contributed by atoms with E-state index < -0.39 is 0 Å². The molecule has 2 rings (SSSR count). The normalized spacial score (nSPS) is 25.8. The SMILES string of the molecule is Cc1cc(N)cnc1N1CCCC(C)C1C. The van der Waals surface area contributed by atoms with Crippen LogP contribution in [0.1, 0.15) is 32.3 Å². The van der Waals surface area contributed by atoms with Crippen molar-refractivity contribution in [2.45, 2.75) is 39.7 Å². The Kier molecular flexibility index (Phi) is 3.03. The molecule has 1 aromatic heterocycles. The topological polar surface area (TPSA) is 42.1 Å². The van der Waals surface area contributed by atoms with E-state index in [2.05, 4.69) is 30.7 Å². The molecule has 1 fully saturated rings. The van der Waals surface area contributed by atoms with E-state index in [0.29, 0.717) is 6.04 Å². The van der Waals surface area contributed by atoms with Crippen LogP contribution in [-0.2, 0) is 0 Å². The van der Waals surface area contributed by atoms with E-state index in [4.69, 9.17) is 5.73 Å². The van der Waals surface area contributed by atoms with Crippen LogP contribution in [0.3, 0.4) is 0 Å². The molecule has 0 saturated carbocycles. The highest BCUT2D eigenvalue weighted by atomic mass is 15.2. The highest BCUT2D eigenvalue weighted by Crippen LogP contribution is 2.29. The van der Waals surface area contributed by atoms with Crippen molar-refractivity contribution < 1.29 is 0 Å². The zero-order chi connectivity index (χ0) is 11.7. The summed E-state index contributed by atoms with van der Waals surface area (Å²) in [5.74, 6) is 1.85. The van der Waals surface area contributed by atoms with Crippen molar-refractivity contribution in [1.29, 1.82) is 0 Å². The summed E-state index contributed by atoms with van der Waals surface area (Å²) in [6.45, 7) is 7.82. The molecule has 1 saturated heterocycles. The number of nitrogen functional groups attached to an aromatic ring is 1. The number of rotatable bonds is 1. The minimum atomic E-state index is 0.573. The summed E-state index contributed by atoms with van der Waals surface area (Å²) in [4.78, 5) is 6.91. The minimum Gasteiger partial charge on any atom is -0.397 e. The van der Waals surface area contributed by atoms with E-state index >= 15 is 0 Å². The quantitative estimate of drug-likeness (QED) is 0.789. The van der Waals surface area contributed by atoms with Crippen molar-refractivity contribution in [3.63, 3.8) is 0 Å². The Morgan fingerprint density at radius 2 is 2.19 bits per heavy atom. The average Bonchev–Trinajstić information content (AvgIpc) is 2.23. The van der Waals surface area contributed by atoms with Gasteiger partial charge in [0, 0.05) is 12.6 Å². The van der Waals surface area contributed by atoms with Gasteiger partial charge in [0.25, 0.3) is 0 Å². The molecule has 2 atom stereocenters. The smallest absolute Gasteiger partial charge is 0.131 e. The molecule has 0 bridgehead atoms. The van der Waals surface area contributed by atoms with Gasteiger partial charge >= 0.3 is 0 Å². The average molecular weight is 219 g/mol. The second-order valence-electron chi connectivity index (χ2n) is 4.96. The van der Waals surface area contributed by atoms with Gasteiger partial charge in [-0.25, -0.2) is 4.98 Å². The van der Waals surface area contributed by atoms with Gasteiger partial charge in [-0.1, -0.05) is 6.92 Å². The molecule has 16 heavy (non-hydrogen) atoms. The lowest BCUT2D eigenvalue weighted by atomic mass is 9.92. The molecule has 3 heteroatoms. The number of pyridine rings is 1. The van der Waals surface area contributed by atoms with Crippen LogP contribution in [0.25, 0.3) is 0 Å². The van der Waals surface area contributed by atoms with Crippen LogP contribution in [0.5, 0.6) is 0 Å². The Labute approximate surface area is 97.7 Å². The van der Waals surface area contributed by atoms with Crippen molar-refractivity contribution in [3.8, 4) is 0 Å². The second kappa shape index (κ2) is 4.32. The molecular formula is C13H21N3. The summed E-state index contributed by atoms with van der Waals surface area (Å²) in [5, 5.41) is 0. The van der Waals surface area contributed by atoms with E-state index in [1.54, 1.807) is 6.20 Å². The standard InChI is InChI=1S/C13H21N3/c1-9-5-4-6-16(11(9)3)13-10(2)7-12(14)8-15-13/h7-9,11H,4-6,14H2,1-3H3. The molecule has 0 amide bonds. The predicted molar refractivity (Wildman–Crippen MR) is 68.6 cm³/mol. The Balaban J connectivity index is 2.29. The van der Waals surface area contributed by atoms with E-state index in [1.165, 1.54) is 18.4 Å². The molecule has 0 aliphatic carbocycles. The fraction of sp³-hybridized carbons (Fsp3) is 0.615. The minimum absolute atomic E-state index is 0.573. The highest BCUT2D eigenvalue weighted by Gasteiger charge is 2.26. The van der Waals surface area contributed by atoms with Gasteiger partial charge in [-0.3, -0.25) is 0 Å². The molecule has 2 N–H and O–H groups in total. The summed E-state index contributed by atoms with van der Waals surface area (Å²) in [7, 11) is 0. The van der Waals surface area contributed by atoms with E-state index in [0.717, 1.165) is 24.0 Å². The first-order valence-electron chi connectivity index (χ1n) is 6.08. The van der Waals surface area contributed by atoms with Crippen molar-refractivity contribution >= 4 is 11.5 Å². The number of piperidine rings is 1. The van der Waals surface area contributed by atoms with Gasteiger partial charge in [0.1, 0.15) is 5.82 Å². The number of aromatic nitrogens is 1. The highest BCUT2D eigenvalue weighted by molar-refractivity contribution is 5.53. The fourth-order valence-corrected chi connectivity index (χ4v) is 2.52. The first-order chi connectivity index (χ1) is 7.59. The first-order valence-corrected chi connectivity index (χ1v) is 6.08. The van der Waals surface area contributed by atoms with Crippen LogP contribution in [0.15, 0.2) is 12.3 Å². The van der Waals surface area contributed by atoms with E-state index in [-0.39, 0.29) is 0 Å². The van der Waals surface area contributed by atoms with Gasteiger partial charge < -0.3 is 10.6 Å². The zero-order valence-electron chi connectivity index (χ0n) is 10.4. The van der Waals surface area contributed by atoms with Gasteiger partial charge in [0.05, 0.1) is 11.9 Å². The Morgan fingerprint density at radius 3 is 2.88 bits per heavy atom. The van der Waals surface area contributed by atoms with Crippen molar-refractivity contribution in [2.24, 2.45) is 5.92 Å². The number of aryl methyl sites for hydroxylation is 1. The maximum absolute atomic E-state index is 5.74. The zero-order valence-corrected chi connectivity index (χ0v) is 10.4. The summed E-state index contributed by atoms with van der Waals surface area (Å²) in [5.41, 5.74) is 7.67. The third-order valence-electron chi connectivity index (χ3n) is 3.72. The molecule has 1 aliphatic heterocycles. The summed E-state index contributed by atoms with van der Waals surface area (Å²) < 4.78 is 0. The number of hydrogen-bond donors (Lipinski definition) is 1. The molecular weight excluding hydrogens is 198 g/mol. The predicted octanol–water partition coefficient (Wildman–Crippen LogP) is 2.60. The van der Waals surface area contributed by atoms with Crippen LogP contribution in [-0.4, -0.2) is 17.6 Å². The largest absolute Gasteiger partial charge is 0.397 e. The maximum atomic E-state index is 5.74. The maximum Gasteiger partial charge on any atom is 0.131 e. The Bertz CT molecular complexity index is 375. The lowest BCUT2D eigenvalue weighted by Crippen LogP contribution is -2.43. The molecule has 2 heterocycles. The molecule has 1 aliphatic rings. The second-order valence-corrected chi connectivity index (χ2v) is 4.96. The van der Waals surface area contributed by atoms with Crippen molar-refractivity contribution in [1.82, 2.24) is 4.98 Å². The fourth-order valence-electron chi connectivity index (χ4n) is 2.52. The van der Waals surface area contributed by atoms with Crippen LogP contribution in [0.2, 0.25) is 0 Å². The third-order valence-corrected chi connectivity index (χ3v) is 3.72. The summed E-state index contributed by atoms with van der Waals surface area (Å²) in [6.07, 6.45) is 4.34. The number of anilines is 2. The molecule has 0 spiro atoms. The molecule has 2 unspecified atom stereocenters. The van der Waals surface area contributed by atoms with Gasteiger partial charge in [0.2, 0.25) is 0 Å². The monoisotopic (exact) mass is 219 g/mol. The van der Waals surface area contributed by atoms with E-state index in [9.17, 15) is 0 Å². The van der Waals surface area contributed by atoms with Gasteiger partial charge in [-0.2, -0.15) is 0 Å². The van der Waals surface area contributed by atoms with Crippen LogP contribution in [0.4, 0.5) is 11.5 Å².